The molecule has 0 fully saturated rings. The standard InChI is InChI=1S/C27H29N3O5S/c28-25(32)23(15-19-11-13-22(31)14-12-19)29-26(33)24(18-36-17-21-9-5-2-6-10-21)30-27(34)35-16-20-7-3-1-4-8-20/h1-14,23-24,31H,15-18H2,(H2,28,32)(H,29,33)(H,30,34)/t23-,24-/m1/s1. The van der Waals surface area contributed by atoms with Gasteiger partial charge in [-0.2, -0.15) is 11.8 Å². The van der Waals surface area contributed by atoms with Crippen molar-refractivity contribution >= 4 is 29.7 Å². The molecule has 0 bridgehead atoms. The van der Waals surface area contributed by atoms with Gasteiger partial charge in [-0.25, -0.2) is 4.79 Å². The summed E-state index contributed by atoms with van der Waals surface area (Å²) >= 11 is 1.47. The van der Waals surface area contributed by atoms with Gasteiger partial charge in [0.1, 0.15) is 24.4 Å². The van der Waals surface area contributed by atoms with Crippen LogP contribution in [0.5, 0.6) is 5.75 Å². The SMILES string of the molecule is NC(=O)[C@@H](Cc1ccc(O)cc1)NC(=O)[C@@H](CSCc1ccccc1)NC(=O)OCc1ccccc1. The van der Waals surface area contributed by atoms with Gasteiger partial charge in [-0.3, -0.25) is 9.59 Å². The largest absolute Gasteiger partial charge is 0.508 e. The second kappa shape index (κ2) is 13.8. The van der Waals surface area contributed by atoms with Crippen LogP contribution in [0.3, 0.4) is 0 Å². The van der Waals surface area contributed by atoms with E-state index in [0.717, 1.165) is 11.1 Å². The Balaban J connectivity index is 1.63. The highest BCUT2D eigenvalue weighted by atomic mass is 32.2. The van der Waals surface area contributed by atoms with Gasteiger partial charge in [0.2, 0.25) is 11.8 Å². The molecule has 0 aliphatic rings. The molecule has 9 heteroatoms. The van der Waals surface area contributed by atoms with E-state index in [1.807, 2.05) is 60.7 Å². The first-order valence-corrected chi connectivity index (χ1v) is 12.5. The van der Waals surface area contributed by atoms with Gasteiger partial charge < -0.3 is 26.2 Å². The Morgan fingerprint density at radius 3 is 2.03 bits per heavy atom. The number of rotatable bonds is 12. The first-order chi connectivity index (χ1) is 17.4. The summed E-state index contributed by atoms with van der Waals surface area (Å²) in [6, 6.07) is 23.2. The van der Waals surface area contributed by atoms with Crippen molar-refractivity contribution in [3.63, 3.8) is 0 Å². The third-order valence-corrected chi connectivity index (χ3v) is 6.36. The highest BCUT2D eigenvalue weighted by Gasteiger charge is 2.26. The van der Waals surface area contributed by atoms with Crippen LogP contribution in [0.15, 0.2) is 84.9 Å². The molecule has 0 aliphatic heterocycles. The molecule has 0 heterocycles. The first-order valence-electron chi connectivity index (χ1n) is 11.4. The van der Waals surface area contributed by atoms with Crippen molar-refractivity contribution in [3.8, 4) is 5.75 Å². The molecular formula is C27H29N3O5S. The zero-order valence-corrected chi connectivity index (χ0v) is 20.4. The number of nitrogens with one attached hydrogen (secondary N) is 2. The number of carbonyl (C=O) groups is 3. The summed E-state index contributed by atoms with van der Waals surface area (Å²) in [6.45, 7) is 0.0585. The summed E-state index contributed by atoms with van der Waals surface area (Å²) < 4.78 is 5.28. The van der Waals surface area contributed by atoms with E-state index in [4.69, 9.17) is 10.5 Å². The number of nitrogens with two attached hydrogens (primary N) is 1. The number of benzene rings is 3. The number of phenolic OH excluding ortho intramolecular Hbond substituents is 1. The number of carbonyl (C=O) groups excluding carboxylic acids is 3. The van der Waals surface area contributed by atoms with Crippen LogP contribution in [0.2, 0.25) is 0 Å². The lowest BCUT2D eigenvalue weighted by atomic mass is 10.0. The van der Waals surface area contributed by atoms with Gasteiger partial charge in [0.15, 0.2) is 0 Å². The Kier molecular flexibility index (Phi) is 10.2. The molecule has 8 nitrogen and oxygen atoms in total. The maximum absolute atomic E-state index is 13.1. The smallest absolute Gasteiger partial charge is 0.408 e. The molecule has 3 amide bonds. The van der Waals surface area contributed by atoms with E-state index < -0.39 is 30.0 Å². The number of thioether (sulfide) groups is 1. The van der Waals surface area contributed by atoms with Gasteiger partial charge >= 0.3 is 6.09 Å². The Morgan fingerprint density at radius 1 is 0.806 bits per heavy atom. The fourth-order valence-electron chi connectivity index (χ4n) is 3.32. The Bertz CT molecular complexity index is 1130. The van der Waals surface area contributed by atoms with Crippen molar-refractivity contribution in [1.29, 1.82) is 0 Å². The molecule has 3 aromatic rings. The second-order valence-corrected chi connectivity index (χ2v) is 9.12. The third-order valence-electron chi connectivity index (χ3n) is 5.25. The molecule has 0 saturated carbocycles. The normalized spacial score (nSPS) is 12.2. The molecule has 0 saturated heterocycles. The van der Waals surface area contributed by atoms with Gasteiger partial charge in [0.25, 0.3) is 0 Å². The second-order valence-electron chi connectivity index (χ2n) is 8.09. The summed E-state index contributed by atoms with van der Waals surface area (Å²) in [5.41, 5.74) is 8.14. The Hall–Kier alpha value is -3.98. The zero-order valence-electron chi connectivity index (χ0n) is 19.6. The number of phenols is 1. The molecule has 188 valence electrons. The number of ether oxygens (including phenoxy) is 1. The van der Waals surface area contributed by atoms with Crippen molar-refractivity contribution in [2.24, 2.45) is 5.73 Å². The summed E-state index contributed by atoms with van der Waals surface area (Å²) in [5.74, 6) is -0.273. The quantitative estimate of drug-likeness (QED) is 0.298. The van der Waals surface area contributed by atoms with Crippen LogP contribution in [0.1, 0.15) is 16.7 Å². The van der Waals surface area contributed by atoms with Crippen LogP contribution in [-0.2, 0) is 33.1 Å². The number of amides is 3. The van der Waals surface area contributed by atoms with Gasteiger partial charge in [-0.05, 0) is 28.8 Å². The van der Waals surface area contributed by atoms with Gasteiger partial charge in [-0.1, -0.05) is 72.8 Å². The molecule has 3 aromatic carbocycles. The predicted molar refractivity (Wildman–Crippen MR) is 139 cm³/mol. The van der Waals surface area contributed by atoms with E-state index >= 15 is 0 Å². The van der Waals surface area contributed by atoms with Crippen LogP contribution in [-0.4, -0.2) is 40.9 Å². The molecule has 0 radical (unpaired) electrons. The fraction of sp³-hybridized carbons (Fsp3) is 0.222. The monoisotopic (exact) mass is 507 g/mol. The number of hydrogen-bond acceptors (Lipinski definition) is 6. The van der Waals surface area contributed by atoms with Crippen molar-refractivity contribution in [2.75, 3.05) is 5.75 Å². The molecule has 36 heavy (non-hydrogen) atoms. The van der Waals surface area contributed by atoms with Crippen molar-refractivity contribution < 1.29 is 24.2 Å². The van der Waals surface area contributed by atoms with Crippen molar-refractivity contribution in [2.45, 2.75) is 30.9 Å². The fourth-order valence-corrected chi connectivity index (χ4v) is 4.34. The third kappa shape index (κ3) is 8.99. The first kappa shape index (κ1) is 26.6. The van der Waals surface area contributed by atoms with Crippen molar-refractivity contribution in [3.05, 3.63) is 102 Å². The number of alkyl carbamates (subject to hydrolysis) is 1. The van der Waals surface area contributed by atoms with Crippen LogP contribution >= 0.6 is 11.8 Å². The number of aromatic hydroxyl groups is 1. The zero-order chi connectivity index (χ0) is 25.8. The predicted octanol–water partition coefficient (Wildman–Crippen LogP) is 3.13. The summed E-state index contributed by atoms with van der Waals surface area (Å²) in [5, 5.41) is 14.7. The average Bonchev–Trinajstić information content (AvgIpc) is 2.89. The van der Waals surface area contributed by atoms with E-state index in [0.29, 0.717) is 11.3 Å². The molecule has 0 unspecified atom stereocenters. The lowest BCUT2D eigenvalue weighted by Crippen LogP contribution is -2.54. The van der Waals surface area contributed by atoms with E-state index in [2.05, 4.69) is 10.6 Å². The van der Waals surface area contributed by atoms with Gasteiger partial charge in [0, 0.05) is 17.9 Å². The Labute approximate surface area is 214 Å². The molecule has 2 atom stereocenters. The van der Waals surface area contributed by atoms with E-state index in [1.54, 1.807) is 12.1 Å². The van der Waals surface area contributed by atoms with Crippen LogP contribution in [0.25, 0.3) is 0 Å². The van der Waals surface area contributed by atoms with Gasteiger partial charge in [-0.15, -0.1) is 0 Å². The minimum Gasteiger partial charge on any atom is -0.508 e. The minimum absolute atomic E-state index is 0.0585. The molecule has 3 rings (SSSR count). The van der Waals surface area contributed by atoms with Gasteiger partial charge in [0.05, 0.1) is 0 Å². The molecule has 0 spiro atoms. The highest BCUT2D eigenvalue weighted by molar-refractivity contribution is 7.98. The van der Waals surface area contributed by atoms with Crippen molar-refractivity contribution in [1.82, 2.24) is 10.6 Å². The van der Waals surface area contributed by atoms with Crippen LogP contribution in [0, 0.1) is 0 Å². The number of hydrogen-bond donors (Lipinski definition) is 4. The van der Waals surface area contributed by atoms with E-state index in [9.17, 15) is 19.5 Å². The molecule has 0 aliphatic carbocycles. The van der Waals surface area contributed by atoms with E-state index in [1.165, 1.54) is 23.9 Å². The van der Waals surface area contributed by atoms with Crippen LogP contribution < -0.4 is 16.4 Å². The Morgan fingerprint density at radius 2 is 1.42 bits per heavy atom. The number of primary amides is 1. The molecule has 5 N–H and O–H groups in total. The molecule has 0 aromatic heterocycles. The van der Waals surface area contributed by atoms with E-state index in [-0.39, 0.29) is 24.5 Å². The lowest BCUT2D eigenvalue weighted by Gasteiger charge is -2.22. The lowest BCUT2D eigenvalue weighted by molar-refractivity contribution is -0.128. The highest BCUT2D eigenvalue weighted by Crippen LogP contribution is 2.14. The maximum atomic E-state index is 13.1. The molecular weight excluding hydrogens is 478 g/mol. The summed E-state index contributed by atoms with van der Waals surface area (Å²) in [7, 11) is 0. The topological polar surface area (TPSA) is 131 Å². The summed E-state index contributed by atoms with van der Waals surface area (Å²) in [4.78, 5) is 37.6. The van der Waals surface area contributed by atoms with Crippen LogP contribution in [0.4, 0.5) is 4.79 Å². The minimum atomic E-state index is -0.995. The maximum Gasteiger partial charge on any atom is 0.408 e. The average molecular weight is 508 g/mol. The summed E-state index contributed by atoms with van der Waals surface area (Å²) in [6.07, 6.45) is -0.600.